The van der Waals surface area contributed by atoms with E-state index in [9.17, 15) is 0 Å². The first-order chi connectivity index (χ1) is 8.81. The Morgan fingerprint density at radius 3 is 2.58 bits per heavy atom. The summed E-state index contributed by atoms with van der Waals surface area (Å²) in [5.74, 6) is 0. The minimum absolute atomic E-state index is 0.112. The third-order valence-corrected chi connectivity index (χ3v) is 3.14. The van der Waals surface area contributed by atoms with Gasteiger partial charge in [-0.15, -0.1) is 5.10 Å². The molecule has 0 fully saturated rings. The van der Waals surface area contributed by atoms with Crippen molar-refractivity contribution < 1.29 is 0 Å². The van der Waals surface area contributed by atoms with Crippen LogP contribution in [0.5, 0.6) is 0 Å². The maximum atomic E-state index is 4.20. The molecule has 0 amide bonds. The second-order valence-electron chi connectivity index (χ2n) is 6.30. The van der Waals surface area contributed by atoms with E-state index in [1.807, 2.05) is 10.9 Å². The van der Waals surface area contributed by atoms with Gasteiger partial charge < -0.3 is 5.32 Å². The fourth-order valence-electron chi connectivity index (χ4n) is 1.90. The lowest BCUT2D eigenvalue weighted by Gasteiger charge is -2.24. The number of hydrogen-bond donors (Lipinski definition) is 1. The number of rotatable bonds is 7. The molecule has 0 aromatic carbocycles. The van der Waals surface area contributed by atoms with Gasteiger partial charge in [0.15, 0.2) is 0 Å². The molecule has 1 N–H and O–H groups in total. The van der Waals surface area contributed by atoms with Gasteiger partial charge in [-0.2, -0.15) is 0 Å². The van der Waals surface area contributed by atoms with Crippen LogP contribution in [0.1, 0.15) is 47.2 Å². The second kappa shape index (κ2) is 7.01. The molecule has 0 saturated heterocycles. The predicted octanol–water partition coefficient (Wildman–Crippen LogP) is 1.90. The molecule has 110 valence electrons. The molecule has 0 atom stereocenters. The van der Waals surface area contributed by atoms with Gasteiger partial charge >= 0.3 is 0 Å². The van der Waals surface area contributed by atoms with Crippen molar-refractivity contribution >= 4 is 0 Å². The Morgan fingerprint density at radius 1 is 1.37 bits per heavy atom. The summed E-state index contributed by atoms with van der Waals surface area (Å²) in [6, 6.07) is 0.579. The first kappa shape index (κ1) is 16.1. The van der Waals surface area contributed by atoms with Crippen LogP contribution in [0.25, 0.3) is 0 Å². The van der Waals surface area contributed by atoms with Crippen LogP contribution in [0.4, 0.5) is 0 Å². The van der Waals surface area contributed by atoms with Crippen LogP contribution in [0.15, 0.2) is 6.20 Å². The molecule has 0 aliphatic rings. The third-order valence-electron chi connectivity index (χ3n) is 3.14. The van der Waals surface area contributed by atoms with Crippen LogP contribution in [0.2, 0.25) is 0 Å². The van der Waals surface area contributed by atoms with Gasteiger partial charge in [0.05, 0.1) is 12.2 Å². The van der Waals surface area contributed by atoms with Crippen molar-refractivity contribution in [2.75, 3.05) is 13.1 Å². The summed E-state index contributed by atoms with van der Waals surface area (Å²) >= 11 is 0. The van der Waals surface area contributed by atoms with E-state index >= 15 is 0 Å². The van der Waals surface area contributed by atoms with Crippen LogP contribution in [0.3, 0.4) is 0 Å². The zero-order valence-corrected chi connectivity index (χ0v) is 13.3. The van der Waals surface area contributed by atoms with Crippen molar-refractivity contribution in [3.8, 4) is 0 Å². The highest BCUT2D eigenvalue weighted by atomic mass is 15.4. The topological polar surface area (TPSA) is 46.0 Å². The van der Waals surface area contributed by atoms with E-state index in [1.54, 1.807) is 0 Å². The summed E-state index contributed by atoms with van der Waals surface area (Å²) < 4.78 is 1.94. The van der Waals surface area contributed by atoms with E-state index in [0.717, 1.165) is 31.9 Å². The zero-order chi connectivity index (χ0) is 14.5. The van der Waals surface area contributed by atoms with E-state index in [1.165, 1.54) is 0 Å². The van der Waals surface area contributed by atoms with Crippen LogP contribution in [-0.4, -0.2) is 44.6 Å². The number of aromatic nitrogens is 3. The Kier molecular flexibility index (Phi) is 5.94. The summed E-state index contributed by atoms with van der Waals surface area (Å²) in [6.07, 6.45) is 2.03. The lowest BCUT2D eigenvalue weighted by Crippen LogP contribution is -2.35. The van der Waals surface area contributed by atoms with E-state index < -0.39 is 0 Å². The van der Waals surface area contributed by atoms with Gasteiger partial charge in [-0.05, 0) is 41.2 Å². The highest BCUT2D eigenvalue weighted by molar-refractivity contribution is 4.93. The molecule has 0 aliphatic carbocycles. The van der Waals surface area contributed by atoms with Crippen molar-refractivity contribution in [3.05, 3.63) is 11.9 Å². The molecular weight excluding hydrogens is 238 g/mol. The predicted molar refractivity (Wildman–Crippen MR) is 79.0 cm³/mol. The number of likely N-dealkylation sites (N-methyl/N-ethyl adjacent to an activating group) is 1. The average molecular weight is 267 g/mol. The van der Waals surface area contributed by atoms with Gasteiger partial charge in [0.2, 0.25) is 0 Å². The molecule has 0 radical (unpaired) electrons. The molecular formula is C14H29N5. The van der Waals surface area contributed by atoms with Crippen molar-refractivity contribution in [2.45, 2.75) is 66.2 Å². The molecule has 1 aromatic rings. The molecule has 5 heteroatoms. The molecule has 0 spiro atoms. The van der Waals surface area contributed by atoms with E-state index in [0.29, 0.717) is 6.04 Å². The normalized spacial score (nSPS) is 12.6. The lowest BCUT2D eigenvalue weighted by molar-refractivity contribution is 0.220. The maximum Gasteiger partial charge on any atom is 0.0965 e. The number of hydrogen-bond acceptors (Lipinski definition) is 4. The Bertz CT molecular complexity index is 364. The van der Waals surface area contributed by atoms with Crippen LogP contribution < -0.4 is 5.32 Å². The molecule has 5 nitrogen and oxygen atoms in total. The van der Waals surface area contributed by atoms with Gasteiger partial charge in [0, 0.05) is 30.9 Å². The Hall–Kier alpha value is -0.940. The lowest BCUT2D eigenvalue weighted by atomic mass is 10.1. The molecule has 1 aromatic heterocycles. The summed E-state index contributed by atoms with van der Waals surface area (Å²) in [7, 11) is 0. The molecule has 1 rings (SSSR count). The van der Waals surface area contributed by atoms with Crippen molar-refractivity contribution in [1.29, 1.82) is 0 Å². The van der Waals surface area contributed by atoms with E-state index in [-0.39, 0.29) is 5.54 Å². The summed E-state index contributed by atoms with van der Waals surface area (Å²) in [4.78, 5) is 2.43. The monoisotopic (exact) mass is 267 g/mol. The molecule has 0 unspecified atom stereocenters. The summed E-state index contributed by atoms with van der Waals surface area (Å²) in [5, 5.41) is 11.8. The zero-order valence-electron chi connectivity index (χ0n) is 13.3. The molecule has 19 heavy (non-hydrogen) atoms. The summed E-state index contributed by atoms with van der Waals surface area (Å²) in [5.41, 5.74) is 1.11. The van der Waals surface area contributed by atoms with Crippen LogP contribution in [-0.2, 0) is 13.1 Å². The highest BCUT2D eigenvalue weighted by Gasteiger charge is 2.11. The fourth-order valence-corrected chi connectivity index (χ4v) is 1.90. The smallest absolute Gasteiger partial charge is 0.0965 e. The van der Waals surface area contributed by atoms with E-state index in [4.69, 9.17) is 0 Å². The van der Waals surface area contributed by atoms with Gasteiger partial charge in [0.1, 0.15) is 0 Å². The minimum Gasteiger partial charge on any atom is -0.306 e. The molecule has 1 heterocycles. The van der Waals surface area contributed by atoms with Crippen molar-refractivity contribution in [2.24, 2.45) is 0 Å². The quantitative estimate of drug-likeness (QED) is 0.819. The van der Waals surface area contributed by atoms with Gasteiger partial charge in [-0.3, -0.25) is 9.58 Å². The van der Waals surface area contributed by atoms with Crippen LogP contribution >= 0.6 is 0 Å². The first-order valence-corrected chi connectivity index (χ1v) is 7.20. The SMILES string of the molecule is CCN(CCn1cc(CNC(C)(C)C)nn1)C(C)C. The Morgan fingerprint density at radius 2 is 2.05 bits per heavy atom. The fraction of sp³-hybridized carbons (Fsp3) is 0.857. The van der Waals surface area contributed by atoms with Crippen LogP contribution in [0, 0.1) is 0 Å². The largest absolute Gasteiger partial charge is 0.306 e. The maximum absolute atomic E-state index is 4.20. The molecule has 0 aliphatic heterocycles. The third kappa shape index (κ3) is 6.16. The number of nitrogens with one attached hydrogen (secondary N) is 1. The van der Waals surface area contributed by atoms with Gasteiger partial charge in [0.25, 0.3) is 0 Å². The average Bonchev–Trinajstić information content (AvgIpc) is 2.74. The Balaban J connectivity index is 2.42. The van der Waals surface area contributed by atoms with Crippen molar-refractivity contribution in [3.63, 3.8) is 0 Å². The Labute approximate surface area is 117 Å². The highest BCUT2D eigenvalue weighted by Crippen LogP contribution is 2.02. The van der Waals surface area contributed by atoms with Gasteiger partial charge in [-0.25, -0.2) is 0 Å². The van der Waals surface area contributed by atoms with Gasteiger partial charge in [-0.1, -0.05) is 12.1 Å². The molecule has 0 bridgehead atoms. The standard InChI is InChI=1S/C14H29N5/c1-7-18(12(2)3)8-9-19-11-13(16-17-19)10-15-14(4,5)6/h11-12,15H,7-10H2,1-6H3. The first-order valence-electron chi connectivity index (χ1n) is 7.20. The number of nitrogens with zero attached hydrogens (tertiary/aromatic N) is 4. The second-order valence-corrected chi connectivity index (χ2v) is 6.30. The summed E-state index contributed by atoms with van der Waals surface area (Å²) in [6.45, 7) is 16.9. The minimum atomic E-state index is 0.112. The van der Waals surface area contributed by atoms with E-state index in [2.05, 4.69) is 62.1 Å². The molecule has 0 saturated carbocycles. The van der Waals surface area contributed by atoms with Crippen molar-refractivity contribution in [1.82, 2.24) is 25.2 Å².